The standard InChI is InChI=1S/C7H16O3S/c8-3-1-2-4-11-6-7(10)5-9/h7-10H,1-6H2. The molecule has 0 aromatic heterocycles. The van der Waals surface area contributed by atoms with Gasteiger partial charge in [-0.15, -0.1) is 0 Å². The highest BCUT2D eigenvalue weighted by atomic mass is 32.2. The van der Waals surface area contributed by atoms with Crippen LogP contribution in [0.1, 0.15) is 12.8 Å². The number of thioether (sulfide) groups is 1. The first-order valence-electron chi connectivity index (χ1n) is 3.78. The van der Waals surface area contributed by atoms with Crippen LogP contribution in [0.2, 0.25) is 0 Å². The summed E-state index contributed by atoms with van der Waals surface area (Å²) < 4.78 is 0. The van der Waals surface area contributed by atoms with Gasteiger partial charge in [0, 0.05) is 12.4 Å². The van der Waals surface area contributed by atoms with Gasteiger partial charge in [0.05, 0.1) is 12.7 Å². The third-order valence-electron chi connectivity index (χ3n) is 1.22. The van der Waals surface area contributed by atoms with Crippen LogP contribution in [0.4, 0.5) is 0 Å². The molecular weight excluding hydrogens is 164 g/mol. The van der Waals surface area contributed by atoms with E-state index in [1.54, 1.807) is 11.8 Å². The van der Waals surface area contributed by atoms with Gasteiger partial charge in [0.2, 0.25) is 0 Å². The molecule has 3 nitrogen and oxygen atoms in total. The maximum atomic E-state index is 8.89. The summed E-state index contributed by atoms with van der Waals surface area (Å²) in [5.74, 6) is 1.53. The van der Waals surface area contributed by atoms with Gasteiger partial charge < -0.3 is 15.3 Å². The summed E-state index contributed by atoms with van der Waals surface area (Å²) in [6.45, 7) is 0.0795. The van der Waals surface area contributed by atoms with Gasteiger partial charge in [0.15, 0.2) is 0 Å². The minimum absolute atomic E-state index is 0.160. The van der Waals surface area contributed by atoms with E-state index in [0.717, 1.165) is 18.6 Å². The average Bonchev–Trinajstić information content (AvgIpc) is 2.04. The largest absolute Gasteiger partial charge is 0.396 e. The molecule has 0 fully saturated rings. The van der Waals surface area contributed by atoms with Crippen molar-refractivity contribution in [3.63, 3.8) is 0 Å². The zero-order valence-electron chi connectivity index (χ0n) is 6.57. The van der Waals surface area contributed by atoms with Crippen LogP contribution < -0.4 is 0 Å². The number of rotatable bonds is 7. The zero-order chi connectivity index (χ0) is 8.53. The van der Waals surface area contributed by atoms with Crippen LogP contribution in [0, 0.1) is 0 Å². The van der Waals surface area contributed by atoms with Crippen molar-refractivity contribution < 1.29 is 15.3 Å². The first-order valence-corrected chi connectivity index (χ1v) is 4.94. The van der Waals surface area contributed by atoms with Crippen molar-refractivity contribution in [3.8, 4) is 0 Å². The Morgan fingerprint density at radius 3 is 2.45 bits per heavy atom. The van der Waals surface area contributed by atoms with Crippen LogP contribution in [0.5, 0.6) is 0 Å². The predicted molar refractivity (Wildman–Crippen MR) is 46.7 cm³/mol. The van der Waals surface area contributed by atoms with Crippen LogP contribution in [0.3, 0.4) is 0 Å². The van der Waals surface area contributed by atoms with Gasteiger partial charge in [-0.25, -0.2) is 0 Å². The van der Waals surface area contributed by atoms with Gasteiger partial charge in [-0.1, -0.05) is 0 Å². The molecule has 0 aromatic rings. The lowest BCUT2D eigenvalue weighted by molar-refractivity contribution is 0.113. The number of unbranched alkanes of at least 4 members (excludes halogenated alkanes) is 1. The van der Waals surface area contributed by atoms with Crippen molar-refractivity contribution in [2.24, 2.45) is 0 Å². The lowest BCUT2D eigenvalue weighted by atomic mass is 10.4. The Bertz CT molecular complexity index is 80.1. The van der Waals surface area contributed by atoms with Crippen LogP contribution in [0.15, 0.2) is 0 Å². The maximum Gasteiger partial charge on any atom is 0.0861 e. The fourth-order valence-corrected chi connectivity index (χ4v) is 1.54. The molecule has 11 heavy (non-hydrogen) atoms. The topological polar surface area (TPSA) is 60.7 Å². The minimum atomic E-state index is -0.589. The second kappa shape index (κ2) is 8.33. The fourth-order valence-electron chi connectivity index (χ4n) is 0.588. The van der Waals surface area contributed by atoms with Gasteiger partial charge in [0.1, 0.15) is 0 Å². The molecule has 0 rings (SSSR count). The quantitative estimate of drug-likeness (QED) is 0.477. The summed E-state index contributed by atoms with van der Waals surface area (Å²) in [6.07, 6.45) is 1.20. The third kappa shape index (κ3) is 8.13. The Labute approximate surface area is 71.4 Å². The number of aliphatic hydroxyl groups excluding tert-OH is 3. The summed E-state index contributed by atoms with van der Waals surface area (Å²) in [6, 6.07) is 0. The van der Waals surface area contributed by atoms with Gasteiger partial charge >= 0.3 is 0 Å². The molecule has 1 unspecified atom stereocenters. The molecule has 0 spiro atoms. The van der Waals surface area contributed by atoms with Gasteiger partial charge in [-0.05, 0) is 18.6 Å². The monoisotopic (exact) mass is 180 g/mol. The highest BCUT2D eigenvalue weighted by Crippen LogP contribution is 2.05. The third-order valence-corrected chi connectivity index (χ3v) is 2.42. The van der Waals surface area contributed by atoms with Crippen molar-refractivity contribution in [2.45, 2.75) is 18.9 Å². The van der Waals surface area contributed by atoms with Gasteiger partial charge in [-0.2, -0.15) is 11.8 Å². The summed E-state index contributed by atoms with van der Waals surface area (Å²) in [5.41, 5.74) is 0. The second-order valence-electron chi connectivity index (χ2n) is 2.34. The van der Waals surface area contributed by atoms with Crippen LogP contribution in [0.25, 0.3) is 0 Å². The number of hydrogen-bond acceptors (Lipinski definition) is 4. The molecular formula is C7H16O3S. The first-order chi connectivity index (χ1) is 5.31. The highest BCUT2D eigenvalue weighted by Gasteiger charge is 2.00. The van der Waals surface area contributed by atoms with Crippen molar-refractivity contribution >= 4 is 11.8 Å². The van der Waals surface area contributed by atoms with Crippen LogP contribution in [-0.4, -0.2) is 46.1 Å². The summed E-state index contributed by atoms with van der Waals surface area (Å²) in [7, 11) is 0. The molecule has 0 radical (unpaired) electrons. The van der Waals surface area contributed by atoms with Gasteiger partial charge in [0.25, 0.3) is 0 Å². The fraction of sp³-hybridized carbons (Fsp3) is 1.00. The molecule has 0 amide bonds. The first kappa shape index (κ1) is 11.2. The van der Waals surface area contributed by atoms with E-state index in [4.69, 9.17) is 15.3 Å². The zero-order valence-corrected chi connectivity index (χ0v) is 7.39. The molecule has 0 aromatic carbocycles. The average molecular weight is 180 g/mol. The Balaban J connectivity index is 2.89. The Morgan fingerprint density at radius 1 is 1.18 bits per heavy atom. The minimum Gasteiger partial charge on any atom is -0.396 e. The predicted octanol–water partition coefficient (Wildman–Crippen LogP) is -0.155. The summed E-state index contributed by atoms with van der Waals surface area (Å²) >= 11 is 1.60. The van der Waals surface area contributed by atoms with Crippen LogP contribution in [-0.2, 0) is 0 Å². The Kier molecular flexibility index (Phi) is 8.50. The normalized spacial score (nSPS) is 13.4. The molecule has 1 atom stereocenters. The van der Waals surface area contributed by atoms with E-state index in [1.807, 2.05) is 0 Å². The molecule has 4 heteroatoms. The van der Waals surface area contributed by atoms with Crippen molar-refractivity contribution in [1.29, 1.82) is 0 Å². The van der Waals surface area contributed by atoms with E-state index in [9.17, 15) is 0 Å². The second-order valence-corrected chi connectivity index (χ2v) is 3.49. The van der Waals surface area contributed by atoms with E-state index in [2.05, 4.69) is 0 Å². The van der Waals surface area contributed by atoms with Crippen molar-refractivity contribution in [3.05, 3.63) is 0 Å². The number of hydrogen-bond donors (Lipinski definition) is 3. The van der Waals surface area contributed by atoms with Gasteiger partial charge in [-0.3, -0.25) is 0 Å². The maximum absolute atomic E-state index is 8.89. The highest BCUT2D eigenvalue weighted by molar-refractivity contribution is 7.99. The Morgan fingerprint density at radius 2 is 1.91 bits per heavy atom. The van der Waals surface area contributed by atoms with E-state index < -0.39 is 6.10 Å². The molecule has 0 heterocycles. The molecule has 3 N–H and O–H groups in total. The van der Waals surface area contributed by atoms with E-state index in [-0.39, 0.29) is 13.2 Å². The molecule has 0 saturated carbocycles. The molecule has 0 aliphatic carbocycles. The van der Waals surface area contributed by atoms with Crippen LogP contribution >= 0.6 is 11.8 Å². The Hall–Kier alpha value is 0.230. The smallest absolute Gasteiger partial charge is 0.0861 e. The molecule has 68 valence electrons. The lowest BCUT2D eigenvalue weighted by Crippen LogP contribution is -2.14. The SMILES string of the molecule is OCCCCSCC(O)CO. The van der Waals surface area contributed by atoms with E-state index in [0.29, 0.717) is 5.75 Å². The lowest BCUT2D eigenvalue weighted by Gasteiger charge is -2.05. The van der Waals surface area contributed by atoms with Crippen molar-refractivity contribution in [2.75, 3.05) is 24.7 Å². The molecule has 0 bridgehead atoms. The van der Waals surface area contributed by atoms with E-state index >= 15 is 0 Å². The number of aliphatic hydroxyl groups is 3. The molecule has 0 aliphatic heterocycles. The molecule has 0 aliphatic rings. The van der Waals surface area contributed by atoms with E-state index in [1.165, 1.54) is 0 Å². The van der Waals surface area contributed by atoms with Crippen molar-refractivity contribution in [1.82, 2.24) is 0 Å². The summed E-state index contributed by atoms with van der Waals surface area (Å²) in [4.78, 5) is 0. The molecule has 0 saturated heterocycles. The summed E-state index contributed by atoms with van der Waals surface area (Å²) in [5, 5.41) is 25.8.